The van der Waals surface area contributed by atoms with E-state index < -0.39 is 17.6 Å². The zero-order chi connectivity index (χ0) is 21.6. The molecule has 30 heavy (non-hydrogen) atoms. The highest BCUT2D eigenvalue weighted by atomic mass is 32.2. The van der Waals surface area contributed by atoms with Crippen molar-refractivity contribution in [3.63, 3.8) is 0 Å². The molecule has 0 aliphatic heterocycles. The third-order valence-electron chi connectivity index (χ3n) is 5.45. The van der Waals surface area contributed by atoms with Crippen LogP contribution in [0, 0.1) is 5.92 Å². The number of benzene rings is 1. The molecule has 1 heterocycles. The van der Waals surface area contributed by atoms with Crippen LogP contribution in [0.1, 0.15) is 56.8 Å². The lowest BCUT2D eigenvalue weighted by atomic mass is 9.86. The molecule has 1 fully saturated rings. The van der Waals surface area contributed by atoms with Crippen LogP contribution in [0.15, 0.2) is 29.4 Å². The van der Waals surface area contributed by atoms with Crippen LogP contribution in [0.5, 0.6) is 0 Å². The summed E-state index contributed by atoms with van der Waals surface area (Å²) in [6.45, 7) is 2.69. The summed E-state index contributed by atoms with van der Waals surface area (Å²) in [5, 5.41) is 11.5. The molecule has 1 N–H and O–H groups in total. The van der Waals surface area contributed by atoms with E-state index in [1.54, 1.807) is 0 Å². The number of nitrogens with zero attached hydrogens (tertiary/aromatic N) is 3. The first kappa shape index (κ1) is 22.7. The molecule has 5 nitrogen and oxygen atoms in total. The third kappa shape index (κ3) is 6.00. The van der Waals surface area contributed by atoms with E-state index in [1.807, 2.05) is 11.5 Å². The lowest BCUT2D eigenvalue weighted by Crippen LogP contribution is -2.18. The van der Waals surface area contributed by atoms with Gasteiger partial charge in [0.25, 0.3) is 0 Å². The second-order valence-electron chi connectivity index (χ2n) is 7.57. The summed E-state index contributed by atoms with van der Waals surface area (Å²) in [5.74, 6) is 1.11. The average molecular weight is 441 g/mol. The van der Waals surface area contributed by atoms with E-state index in [0.29, 0.717) is 11.7 Å². The fourth-order valence-electron chi connectivity index (χ4n) is 3.89. The molecule has 0 bridgehead atoms. The number of hydrogen-bond acceptors (Lipinski definition) is 4. The summed E-state index contributed by atoms with van der Waals surface area (Å²) in [5.41, 5.74) is -1.09. The number of para-hydroxylation sites is 1. The van der Waals surface area contributed by atoms with Crippen molar-refractivity contribution in [1.82, 2.24) is 14.8 Å². The first-order valence-corrected chi connectivity index (χ1v) is 11.4. The molecule has 0 radical (unpaired) electrons. The fourth-order valence-corrected chi connectivity index (χ4v) is 4.71. The van der Waals surface area contributed by atoms with Crippen LogP contribution in [-0.2, 0) is 23.9 Å². The van der Waals surface area contributed by atoms with Gasteiger partial charge in [0.1, 0.15) is 5.82 Å². The van der Waals surface area contributed by atoms with Crippen molar-refractivity contribution in [2.45, 2.75) is 69.7 Å². The Labute approximate surface area is 178 Å². The highest BCUT2D eigenvalue weighted by molar-refractivity contribution is 7.99. The number of aryl methyl sites for hydroxylation is 1. The van der Waals surface area contributed by atoms with Gasteiger partial charge < -0.3 is 9.88 Å². The first-order chi connectivity index (χ1) is 14.4. The third-order valence-corrected chi connectivity index (χ3v) is 6.42. The average Bonchev–Trinajstić information content (AvgIpc) is 3.13. The molecule has 1 aliphatic rings. The van der Waals surface area contributed by atoms with Gasteiger partial charge in [0.15, 0.2) is 5.16 Å². The van der Waals surface area contributed by atoms with E-state index in [2.05, 4.69) is 15.5 Å². The van der Waals surface area contributed by atoms with E-state index >= 15 is 0 Å². The van der Waals surface area contributed by atoms with Crippen LogP contribution < -0.4 is 5.32 Å². The topological polar surface area (TPSA) is 59.8 Å². The monoisotopic (exact) mass is 440 g/mol. The van der Waals surface area contributed by atoms with Gasteiger partial charge in [0.05, 0.1) is 17.0 Å². The lowest BCUT2D eigenvalue weighted by Gasteiger charge is -2.21. The molecule has 1 aliphatic carbocycles. The number of halogens is 3. The lowest BCUT2D eigenvalue weighted by molar-refractivity contribution is -0.137. The molecule has 2 aromatic rings. The summed E-state index contributed by atoms with van der Waals surface area (Å²) in [4.78, 5) is 12.2. The van der Waals surface area contributed by atoms with Gasteiger partial charge in [-0.1, -0.05) is 56.0 Å². The first-order valence-electron chi connectivity index (χ1n) is 10.4. The van der Waals surface area contributed by atoms with Crippen molar-refractivity contribution in [3.05, 3.63) is 35.7 Å². The molecule has 1 aromatic heterocycles. The SMILES string of the molecule is CCn1c(CCC2CCCCC2)nnc1SCC(=O)Nc1ccccc1C(F)(F)F. The summed E-state index contributed by atoms with van der Waals surface area (Å²) >= 11 is 1.19. The van der Waals surface area contributed by atoms with Gasteiger partial charge in [0, 0.05) is 13.0 Å². The summed E-state index contributed by atoms with van der Waals surface area (Å²) < 4.78 is 41.2. The number of hydrogen-bond donors (Lipinski definition) is 1. The number of nitrogens with one attached hydrogen (secondary N) is 1. The predicted octanol–water partition coefficient (Wildman–Crippen LogP) is 5.56. The van der Waals surface area contributed by atoms with Gasteiger partial charge in [-0.3, -0.25) is 4.79 Å². The minimum absolute atomic E-state index is 0.0348. The molecule has 164 valence electrons. The van der Waals surface area contributed by atoms with Crippen LogP contribution >= 0.6 is 11.8 Å². The summed E-state index contributed by atoms with van der Waals surface area (Å²) in [6, 6.07) is 4.97. The van der Waals surface area contributed by atoms with Crippen molar-refractivity contribution >= 4 is 23.4 Å². The van der Waals surface area contributed by atoms with E-state index in [4.69, 9.17) is 0 Å². The Morgan fingerprint density at radius 2 is 1.93 bits per heavy atom. The smallest absolute Gasteiger partial charge is 0.325 e. The van der Waals surface area contributed by atoms with E-state index in [0.717, 1.165) is 30.7 Å². The van der Waals surface area contributed by atoms with Crippen LogP contribution in [-0.4, -0.2) is 26.4 Å². The second-order valence-corrected chi connectivity index (χ2v) is 8.51. The van der Waals surface area contributed by atoms with Crippen molar-refractivity contribution in [2.24, 2.45) is 5.92 Å². The van der Waals surface area contributed by atoms with Crippen molar-refractivity contribution in [1.29, 1.82) is 0 Å². The van der Waals surface area contributed by atoms with Crippen molar-refractivity contribution in [3.8, 4) is 0 Å². The Morgan fingerprint density at radius 1 is 1.20 bits per heavy atom. The molecule has 0 saturated heterocycles. The van der Waals surface area contributed by atoms with E-state index in [1.165, 1.54) is 62.1 Å². The highest BCUT2D eigenvalue weighted by Gasteiger charge is 2.33. The molecule has 1 aromatic carbocycles. The largest absolute Gasteiger partial charge is 0.418 e. The van der Waals surface area contributed by atoms with Crippen LogP contribution in [0.3, 0.4) is 0 Å². The van der Waals surface area contributed by atoms with Gasteiger partial charge in [-0.25, -0.2) is 0 Å². The van der Waals surface area contributed by atoms with Crippen molar-refractivity contribution < 1.29 is 18.0 Å². The molecular formula is C21H27F3N4OS. The number of amides is 1. The zero-order valence-corrected chi connectivity index (χ0v) is 17.9. The number of rotatable bonds is 8. The number of anilines is 1. The number of thioether (sulfide) groups is 1. The second kappa shape index (κ2) is 10.3. The maximum Gasteiger partial charge on any atom is 0.418 e. The molecular weight excluding hydrogens is 413 g/mol. The van der Waals surface area contributed by atoms with Crippen LogP contribution in [0.2, 0.25) is 0 Å². The molecule has 0 spiro atoms. The number of aromatic nitrogens is 3. The summed E-state index contributed by atoms with van der Waals surface area (Å²) in [7, 11) is 0. The number of alkyl halides is 3. The number of carbonyl (C=O) groups excluding carboxylic acids is 1. The zero-order valence-electron chi connectivity index (χ0n) is 17.0. The number of carbonyl (C=O) groups is 1. The van der Waals surface area contributed by atoms with Gasteiger partial charge in [0.2, 0.25) is 5.91 Å². The maximum atomic E-state index is 13.1. The van der Waals surface area contributed by atoms with Crippen LogP contribution in [0.25, 0.3) is 0 Å². The van der Waals surface area contributed by atoms with Gasteiger partial charge in [-0.05, 0) is 31.4 Å². The molecule has 3 rings (SSSR count). The Morgan fingerprint density at radius 3 is 2.63 bits per heavy atom. The quantitative estimate of drug-likeness (QED) is 0.546. The Kier molecular flexibility index (Phi) is 7.80. The standard InChI is InChI=1S/C21H27F3N4OS/c1-2-28-18(13-12-15-8-4-3-5-9-15)26-27-20(28)30-14-19(29)25-17-11-7-6-10-16(17)21(22,23)24/h6-7,10-11,15H,2-5,8-9,12-14H2,1H3,(H,25,29). The van der Waals surface area contributed by atoms with Crippen LogP contribution in [0.4, 0.5) is 18.9 Å². The van der Waals surface area contributed by atoms with E-state index in [9.17, 15) is 18.0 Å². The highest BCUT2D eigenvalue weighted by Crippen LogP contribution is 2.34. The molecule has 9 heteroatoms. The Bertz CT molecular complexity index is 847. The predicted molar refractivity (Wildman–Crippen MR) is 111 cm³/mol. The maximum absolute atomic E-state index is 13.1. The van der Waals surface area contributed by atoms with Gasteiger partial charge in [-0.15, -0.1) is 10.2 Å². The summed E-state index contributed by atoms with van der Waals surface area (Å²) in [6.07, 6.45) is 3.93. The Balaban J connectivity index is 1.57. The molecule has 0 unspecified atom stereocenters. The van der Waals surface area contributed by atoms with Gasteiger partial charge in [-0.2, -0.15) is 13.2 Å². The minimum atomic E-state index is -4.52. The van der Waals surface area contributed by atoms with Gasteiger partial charge >= 0.3 is 6.18 Å². The molecule has 1 saturated carbocycles. The Hall–Kier alpha value is -2.03. The molecule has 1 amide bonds. The molecule has 0 atom stereocenters. The van der Waals surface area contributed by atoms with Crippen molar-refractivity contribution in [2.75, 3.05) is 11.1 Å². The van der Waals surface area contributed by atoms with E-state index in [-0.39, 0.29) is 11.4 Å². The minimum Gasteiger partial charge on any atom is -0.325 e. The fraction of sp³-hybridized carbons (Fsp3) is 0.571. The normalized spacial score (nSPS) is 15.3.